The molecule has 0 bridgehead atoms. The average molecular weight is 1470 g/mol. The third-order valence-electron chi connectivity index (χ3n) is 18.4. The molecule has 22 nitrogen and oxygen atoms in total. The van der Waals surface area contributed by atoms with E-state index in [2.05, 4.69) is 96.3 Å². The lowest BCUT2D eigenvalue weighted by Gasteiger charge is -2.21. The van der Waals surface area contributed by atoms with Crippen LogP contribution in [0.4, 0.5) is 11.4 Å². The number of furan rings is 1. The van der Waals surface area contributed by atoms with Crippen LogP contribution in [0, 0.1) is 58.0 Å². The summed E-state index contributed by atoms with van der Waals surface area (Å²) in [6.07, 6.45) is 10.7. The van der Waals surface area contributed by atoms with Crippen molar-refractivity contribution in [3.63, 3.8) is 0 Å². The summed E-state index contributed by atoms with van der Waals surface area (Å²) in [5.74, 6) is 5.43. The van der Waals surface area contributed by atoms with Gasteiger partial charge < -0.3 is 46.9 Å². The minimum absolute atomic E-state index is 0.0553. The highest BCUT2D eigenvalue weighted by atomic mass is 16.6. The molecule has 0 aliphatic heterocycles. The molecule has 2 N–H and O–H groups in total. The molecular weight excluding hydrogens is 1390 g/mol. The number of ether oxygens (including phenoxy) is 2. The topological polar surface area (TPSA) is 290 Å². The zero-order valence-electron chi connectivity index (χ0n) is 62.5. The van der Waals surface area contributed by atoms with Gasteiger partial charge in [0.1, 0.15) is 64.1 Å². The summed E-state index contributed by atoms with van der Waals surface area (Å²) in [7, 11) is 7.10. The second-order valence-electron chi connectivity index (χ2n) is 25.4. The van der Waals surface area contributed by atoms with E-state index in [1.54, 1.807) is 44.8 Å². The average Bonchev–Trinajstić information content (AvgIpc) is 1.68. The molecule has 0 atom stereocenters. The number of allylic oxidation sites excluding steroid dienone is 3. The minimum atomic E-state index is -0.417. The number of nitrogens with zero attached hydrogens (tertiary/aromatic N) is 13. The summed E-state index contributed by atoms with van der Waals surface area (Å²) in [4.78, 5) is 54.1. The zero-order chi connectivity index (χ0) is 78.1. The Balaban J connectivity index is 0.000000129. The van der Waals surface area contributed by atoms with Gasteiger partial charge in [0.05, 0.1) is 97.3 Å². The maximum Gasteiger partial charge on any atom is 0.347 e. The third-order valence-corrected chi connectivity index (χ3v) is 18.4. The Labute approximate surface area is 639 Å². The number of rotatable bonds is 16. The maximum atomic E-state index is 12.6. The Morgan fingerprint density at radius 2 is 1.13 bits per heavy atom. The summed E-state index contributed by atoms with van der Waals surface area (Å²) in [6.45, 7) is 13.0. The van der Waals surface area contributed by atoms with Gasteiger partial charge in [-0.3, -0.25) is 10.1 Å². The lowest BCUT2D eigenvalue weighted by Crippen LogP contribution is -2.21. The molecule has 111 heavy (non-hydrogen) atoms. The fraction of sp³-hybridized carbons (Fsp3) is 0.135. The smallest absolute Gasteiger partial charge is 0.347 e. The van der Waals surface area contributed by atoms with Crippen molar-refractivity contribution in [3.8, 4) is 41.1 Å². The van der Waals surface area contributed by atoms with E-state index >= 15 is 0 Å². The molecule has 22 heteroatoms. The van der Waals surface area contributed by atoms with E-state index in [1.165, 1.54) is 23.3 Å². The van der Waals surface area contributed by atoms with Crippen molar-refractivity contribution in [2.75, 3.05) is 32.2 Å². The van der Waals surface area contributed by atoms with Gasteiger partial charge in [0.2, 0.25) is 0 Å². The van der Waals surface area contributed by atoms with Crippen LogP contribution in [-0.2, 0) is 20.6 Å². The number of aryl methyl sites for hydroxylation is 5. The van der Waals surface area contributed by atoms with Gasteiger partial charge in [0.25, 0.3) is 5.69 Å². The van der Waals surface area contributed by atoms with Crippen LogP contribution in [0.25, 0.3) is 125 Å². The number of anilines is 1. The summed E-state index contributed by atoms with van der Waals surface area (Å²) in [5, 5.41) is 40.0. The molecule has 0 aliphatic rings. The maximum absolute atomic E-state index is 12.6. The fourth-order valence-corrected chi connectivity index (χ4v) is 12.5. The van der Waals surface area contributed by atoms with Crippen molar-refractivity contribution in [3.05, 3.63) is 302 Å². The van der Waals surface area contributed by atoms with E-state index in [4.69, 9.17) is 18.3 Å². The number of nitro groups is 1. The van der Waals surface area contributed by atoms with Gasteiger partial charge >= 0.3 is 5.63 Å². The molecule has 7 aromatic heterocycles. The van der Waals surface area contributed by atoms with Crippen LogP contribution in [0.3, 0.4) is 0 Å². The molecule has 16 aromatic rings. The molecule has 550 valence electrons. The van der Waals surface area contributed by atoms with Crippen LogP contribution in [-0.4, -0.2) is 80.8 Å². The normalized spacial score (nSPS) is 11.4. The molecule has 16 rings (SSSR count). The fourth-order valence-electron chi connectivity index (χ4n) is 12.5. The first-order chi connectivity index (χ1) is 54.0. The van der Waals surface area contributed by atoms with Gasteiger partial charge in [-0.25, -0.2) is 29.7 Å². The number of non-ortho nitro benzene ring substituents is 1. The number of aromatic amines is 2. The molecule has 0 aliphatic carbocycles. The molecule has 0 spiro atoms. The lowest BCUT2D eigenvalue weighted by molar-refractivity contribution is -0.384. The van der Waals surface area contributed by atoms with Crippen LogP contribution < -0.4 is 20.0 Å². The van der Waals surface area contributed by atoms with Crippen molar-refractivity contribution >= 4 is 125 Å². The molecule has 0 saturated carbocycles. The number of nitro benzene ring substituents is 1. The van der Waals surface area contributed by atoms with Crippen LogP contribution in [0.2, 0.25) is 0 Å². The number of methoxy groups -OCH3 is 2. The Bertz CT molecular complexity index is 6310. The van der Waals surface area contributed by atoms with Gasteiger partial charge in [-0.2, -0.15) is 15.8 Å². The first-order valence-corrected chi connectivity index (χ1v) is 35.6. The summed E-state index contributed by atoms with van der Waals surface area (Å²) >= 11 is 0. The SMILES string of the molecule is CCN(CC)c1ccc2cc(-c3nc4ccccc4n3C)c(=O)oc2c1.CCn1c(/C(C#N)=C/c2ccc(OC)cc2)nc2ccccc21.COc1ccc(/C=C(\C#N)c2nc3ccccc3n2C)cc1.Cc1cc2nc(/C(C#N)=C/c3ccco3)[nH]c2cc1C.O=[N+]([O-])c1ccc2nc(/C=C/c3ccccc3)[nH]c2c1. The van der Waals surface area contributed by atoms with E-state index in [9.17, 15) is 30.7 Å². The summed E-state index contributed by atoms with van der Waals surface area (Å²) in [5.41, 5.74) is 17.5. The van der Waals surface area contributed by atoms with Crippen LogP contribution in [0.5, 0.6) is 11.5 Å². The second kappa shape index (κ2) is 35.0. The predicted octanol–water partition coefficient (Wildman–Crippen LogP) is 19.4. The number of para-hydroxylation sites is 6. The van der Waals surface area contributed by atoms with Gasteiger partial charge in [0, 0.05) is 69.1 Å². The van der Waals surface area contributed by atoms with Crippen LogP contribution in [0.15, 0.2) is 238 Å². The van der Waals surface area contributed by atoms with E-state index in [0.29, 0.717) is 73.8 Å². The van der Waals surface area contributed by atoms with E-state index in [0.717, 1.165) is 103 Å². The third kappa shape index (κ3) is 17.6. The van der Waals surface area contributed by atoms with E-state index < -0.39 is 4.92 Å². The number of nitriles is 3. The zero-order valence-corrected chi connectivity index (χ0v) is 62.5. The number of imidazole rings is 5. The van der Waals surface area contributed by atoms with Gasteiger partial charge in [-0.1, -0.05) is 97.1 Å². The van der Waals surface area contributed by atoms with Crippen LogP contribution in [0.1, 0.15) is 77.6 Å². The van der Waals surface area contributed by atoms with Crippen molar-refractivity contribution in [2.45, 2.75) is 41.2 Å². The molecular formula is C89H77N15O7. The van der Waals surface area contributed by atoms with Crippen molar-refractivity contribution in [2.24, 2.45) is 14.1 Å². The molecule has 7 heterocycles. The number of benzene rings is 9. The number of H-pyrrole nitrogens is 2. The number of hydrogen-bond acceptors (Lipinski definition) is 16. The van der Waals surface area contributed by atoms with Gasteiger partial charge in [0.15, 0.2) is 11.6 Å². The molecule has 9 aromatic carbocycles. The Morgan fingerprint density at radius 1 is 0.550 bits per heavy atom. The van der Waals surface area contributed by atoms with E-state index in [1.807, 2.05) is 236 Å². The van der Waals surface area contributed by atoms with Crippen molar-refractivity contribution in [1.29, 1.82) is 15.8 Å². The number of fused-ring (bicyclic) bond motifs is 6. The molecule has 0 saturated heterocycles. The highest BCUT2D eigenvalue weighted by Crippen LogP contribution is 2.30. The Hall–Kier alpha value is -15.0. The highest BCUT2D eigenvalue weighted by molar-refractivity contribution is 5.94. The van der Waals surface area contributed by atoms with E-state index in [-0.39, 0.29) is 11.3 Å². The minimum Gasteiger partial charge on any atom is -0.497 e. The molecule has 0 radical (unpaired) electrons. The summed E-state index contributed by atoms with van der Waals surface area (Å²) in [6, 6.07) is 75.4. The second-order valence-corrected chi connectivity index (χ2v) is 25.4. The predicted molar refractivity (Wildman–Crippen MR) is 441 cm³/mol. The monoisotopic (exact) mass is 1470 g/mol. The van der Waals surface area contributed by atoms with Crippen molar-refractivity contribution in [1.82, 2.24) is 48.6 Å². The van der Waals surface area contributed by atoms with Crippen LogP contribution >= 0.6 is 0 Å². The first-order valence-electron chi connectivity index (χ1n) is 35.6. The standard InChI is InChI=1S/C21H21N3O2.C19H17N3O.C18H15N3O.C16H13N3O.C15H11N3O2/c1-4-24(5-2)15-11-10-14-12-16(21(25)26-19(14)13-15)20-22-17-8-6-7-9-18(17)23(20)3;1-3-22-18-7-5-4-6-17(18)21-19(22)15(13-20)12-14-8-10-16(23-2)11-9-14;1-21-17-6-4-3-5-16(17)20-18(21)14(12-19)11-13-7-9-15(22-2)10-8-13;1-10-6-14-15(7-11(10)2)19-16(18-14)12(9-17)8-13-4-3-5-20-13;19-18(20)12-7-8-13-14(10-12)17-15(16-13)9-6-11-4-2-1-3-5-11/h6-13H,4-5H2,1-3H3;4-12H,3H2,1-2H3;3-11H,1-2H3;3-8H,1-2H3,(H,18,19);1-10H,(H,16,17)/b;15-12+;14-11+;12-8+;9-6+. The summed E-state index contributed by atoms with van der Waals surface area (Å²) < 4.78 is 27.1. The number of hydrogen-bond donors (Lipinski definition) is 2. The lowest BCUT2D eigenvalue weighted by atomic mass is 10.1. The number of nitrogens with one attached hydrogen (secondary N) is 2. The van der Waals surface area contributed by atoms with Gasteiger partial charge in [-0.05, 0) is 190 Å². The molecule has 0 amide bonds. The first kappa shape index (κ1) is 75.7. The Kier molecular flexibility index (Phi) is 23.9. The van der Waals surface area contributed by atoms with Crippen molar-refractivity contribution < 1.29 is 23.2 Å². The highest BCUT2D eigenvalue weighted by Gasteiger charge is 2.19. The van der Waals surface area contributed by atoms with Gasteiger partial charge in [-0.15, -0.1) is 0 Å². The molecule has 0 unspecified atom stereocenters. The largest absolute Gasteiger partial charge is 0.497 e. The Morgan fingerprint density at radius 3 is 1.71 bits per heavy atom. The molecule has 0 fully saturated rings. The number of aromatic nitrogens is 10. The quantitative estimate of drug-likeness (QED) is 0.0393.